The van der Waals surface area contributed by atoms with Gasteiger partial charge in [0.05, 0.1) is 12.2 Å². The van der Waals surface area contributed by atoms with Crippen molar-refractivity contribution in [2.45, 2.75) is 25.3 Å². The Hall–Kier alpha value is -4.04. The summed E-state index contributed by atoms with van der Waals surface area (Å²) in [4.78, 5) is 11.5. The SMILES string of the molecule is N#Cc1c(-c2ccc(CCOc3ccc(F)cc3C(N)=O)cc2)nn(C(CCO)C(F)F)c1N. The van der Waals surface area contributed by atoms with Gasteiger partial charge in [-0.05, 0) is 30.2 Å². The van der Waals surface area contributed by atoms with Crippen LogP contribution in [0.5, 0.6) is 5.75 Å². The van der Waals surface area contributed by atoms with E-state index in [4.69, 9.17) is 21.3 Å². The molecule has 1 amide bonds. The Labute approximate surface area is 193 Å². The van der Waals surface area contributed by atoms with Gasteiger partial charge >= 0.3 is 0 Å². The summed E-state index contributed by atoms with van der Waals surface area (Å²) in [7, 11) is 0. The Balaban J connectivity index is 1.76. The van der Waals surface area contributed by atoms with E-state index in [2.05, 4.69) is 5.10 Å². The van der Waals surface area contributed by atoms with Gasteiger partial charge in [-0.25, -0.2) is 17.9 Å². The number of hydrogen-bond donors (Lipinski definition) is 3. The first kappa shape index (κ1) is 24.6. The van der Waals surface area contributed by atoms with Crippen LogP contribution in [0, 0.1) is 17.1 Å². The number of aliphatic hydroxyl groups excluding tert-OH is 1. The lowest BCUT2D eigenvalue weighted by molar-refractivity contribution is 0.0624. The van der Waals surface area contributed by atoms with Gasteiger partial charge in [-0.2, -0.15) is 10.4 Å². The van der Waals surface area contributed by atoms with Crippen LogP contribution in [0.15, 0.2) is 42.5 Å². The van der Waals surface area contributed by atoms with Crippen molar-refractivity contribution in [3.63, 3.8) is 0 Å². The zero-order valence-corrected chi connectivity index (χ0v) is 17.9. The standard InChI is InChI=1S/C23H22F3N5O3/c24-15-5-6-19(16(11-15)23(29)33)34-10-8-13-1-3-14(4-2-13)20-17(12-27)22(28)31(30-20)18(7-9-32)21(25)26/h1-6,11,18,21,32H,7-10,28H2,(H2,29,33). The predicted octanol–water partition coefficient (Wildman–Crippen LogP) is 3.05. The van der Waals surface area contributed by atoms with E-state index in [1.807, 2.05) is 6.07 Å². The molecule has 0 fully saturated rings. The second kappa shape index (κ2) is 10.7. The van der Waals surface area contributed by atoms with Crippen LogP contribution < -0.4 is 16.2 Å². The van der Waals surface area contributed by atoms with Gasteiger partial charge in [0.15, 0.2) is 0 Å². The van der Waals surface area contributed by atoms with E-state index < -0.39 is 30.8 Å². The molecule has 11 heteroatoms. The number of nitriles is 1. The Morgan fingerprint density at radius 3 is 2.53 bits per heavy atom. The van der Waals surface area contributed by atoms with E-state index in [-0.39, 0.29) is 41.4 Å². The van der Waals surface area contributed by atoms with Crippen LogP contribution in [0.1, 0.15) is 33.9 Å². The van der Waals surface area contributed by atoms with E-state index in [1.54, 1.807) is 24.3 Å². The van der Waals surface area contributed by atoms with E-state index in [9.17, 15) is 23.2 Å². The van der Waals surface area contributed by atoms with Crippen molar-refractivity contribution in [1.82, 2.24) is 9.78 Å². The van der Waals surface area contributed by atoms with Crippen molar-refractivity contribution in [2.24, 2.45) is 5.73 Å². The maximum Gasteiger partial charge on any atom is 0.260 e. The molecular formula is C23H22F3N5O3. The molecule has 0 aliphatic carbocycles. The van der Waals surface area contributed by atoms with Crippen LogP contribution >= 0.6 is 0 Å². The number of amides is 1. The summed E-state index contributed by atoms with van der Waals surface area (Å²) in [5.41, 5.74) is 12.6. The number of hydrogen-bond acceptors (Lipinski definition) is 6. The number of halogens is 3. The normalized spacial score (nSPS) is 11.9. The van der Waals surface area contributed by atoms with Crippen LogP contribution in [0.4, 0.5) is 19.0 Å². The highest BCUT2D eigenvalue weighted by Crippen LogP contribution is 2.32. The lowest BCUT2D eigenvalue weighted by Crippen LogP contribution is -2.21. The molecule has 3 aromatic rings. The summed E-state index contributed by atoms with van der Waals surface area (Å²) in [5, 5.41) is 22.7. The second-order valence-electron chi connectivity index (χ2n) is 7.38. The van der Waals surface area contributed by atoms with E-state index in [1.165, 1.54) is 6.07 Å². The highest BCUT2D eigenvalue weighted by Gasteiger charge is 2.28. The second-order valence-corrected chi connectivity index (χ2v) is 7.38. The Morgan fingerprint density at radius 1 is 1.24 bits per heavy atom. The summed E-state index contributed by atoms with van der Waals surface area (Å²) >= 11 is 0. The molecule has 0 saturated carbocycles. The minimum absolute atomic E-state index is 0.0324. The fourth-order valence-electron chi connectivity index (χ4n) is 3.43. The van der Waals surface area contributed by atoms with Gasteiger partial charge < -0.3 is 21.3 Å². The van der Waals surface area contributed by atoms with Gasteiger partial charge in [0.2, 0.25) is 0 Å². The first-order chi connectivity index (χ1) is 16.3. The topological polar surface area (TPSA) is 140 Å². The van der Waals surface area contributed by atoms with Crippen LogP contribution in [0.2, 0.25) is 0 Å². The molecule has 1 atom stereocenters. The van der Waals surface area contributed by atoms with Gasteiger partial charge in [-0.1, -0.05) is 24.3 Å². The predicted molar refractivity (Wildman–Crippen MR) is 118 cm³/mol. The Morgan fingerprint density at radius 2 is 1.94 bits per heavy atom. The Kier molecular flexibility index (Phi) is 7.75. The number of primary amides is 1. The molecule has 0 aliphatic rings. The lowest BCUT2D eigenvalue weighted by Gasteiger charge is -2.16. The number of benzene rings is 2. The third-order valence-electron chi connectivity index (χ3n) is 5.17. The number of nitrogen functional groups attached to an aromatic ring is 1. The molecule has 178 valence electrons. The summed E-state index contributed by atoms with van der Waals surface area (Å²) < 4.78 is 46.6. The number of aliphatic hydroxyl groups is 1. The molecule has 1 unspecified atom stereocenters. The molecule has 0 radical (unpaired) electrons. The summed E-state index contributed by atoms with van der Waals surface area (Å²) in [6.07, 6.45) is -2.66. The fraction of sp³-hybridized carbons (Fsp3) is 0.261. The van der Waals surface area contributed by atoms with Crippen LogP contribution in [-0.4, -0.2) is 40.4 Å². The number of anilines is 1. The van der Waals surface area contributed by atoms with Gasteiger partial charge in [0.25, 0.3) is 12.3 Å². The van der Waals surface area contributed by atoms with Crippen molar-refractivity contribution in [2.75, 3.05) is 18.9 Å². The van der Waals surface area contributed by atoms with Crippen molar-refractivity contribution < 1.29 is 27.8 Å². The molecule has 8 nitrogen and oxygen atoms in total. The van der Waals surface area contributed by atoms with Crippen LogP contribution in [0.25, 0.3) is 11.3 Å². The molecule has 0 spiro atoms. The molecule has 0 aliphatic heterocycles. The van der Waals surface area contributed by atoms with E-state index in [0.29, 0.717) is 12.0 Å². The zero-order chi connectivity index (χ0) is 24.8. The zero-order valence-electron chi connectivity index (χ0n) is 17.9. The summed E-state index contributed by atoms with van der Waals surface area (Å²) in [6.45, 7) is -0.311. The highest BCUT2D eigenvalue weighted by atomic mass is 19.3. The minimum Gasteiger partial charge on any atom is -0.492 e. The average molecular weight is 473 g/mol. The molecule has 1 heterocycles. The van der Waals surface area contributed by atoms with E-state index in [0.717, 1.165) is 22.4 Å². The molecule has 1 aromatic heterocycles. The van der Waals surface area contributed by atoms with Gasteiger partial charge in [-0.15, -0.1) is 0 Å². The summed E-state index contributed by atoms with van der Waals surface area (Å²) in [5.74, 6) is -1.44. The maximum absolute atomic E-state index is 13.4. The summed E-state index contributed by atoms with van der Waals surface area (Å²) in [6, 6.07) is 10.7. The first-order valence-electron chi connectivity index (χ1n) is 10.2. The Bertz CT molecular complexity index is 1210. The molecule has 2 aromatic carbocycles. The van der Waals surface area contributed by atoms with Crippen molar-refractivity contribution in [3.8, 4) is 23.1 Å². The van der Waals surface area contributed by atoms with Crippen LogP contribution in [-0.2, 0) is 6.42 Å². The van der Waals surface area contributed by atoms with Crippen LogP contribution in [0.3, 0.4) is 0 Å². The van der Waals surface area contributed by atoms with Gasteiger partial charge in [0, 0.05) is 18.6 Å². The number of nitrogens with two attached hydrogens (primary N) is 2. The minimum atomic E-state index is -2.83. The smallest absolute Gasteiger partial charge is 0.260 e. The molecule has 0 saturated heterocycles. The fourth-order valence-corrected chi connectivity index (χ4v) is 3.43. The molecule has 0 bridgehead atoms. The lowest BCUT2D eigenvalue weighted by atomic mass is 10.0. The average Bonchev–Trinajstić information content (AvgIpc) is 3.14. The third kappa shape index (κ3) is 5.29. The highest BCUT2D eigenvalue weighted by molar-refractivity contribution is 5.95. The number of ether oxygens (including phenoxy) is 1. The molecular weight excluding hydrogens is 451 g/mol. The molecule has 5 N–H and O–H groups in total. The maximum atomic E-state index is 13.4. The monoisotopic (exact) mass is 473 g/mol. The number of carbonyl (C=O) groups excluding carboxylic acids is 1. The third-order valence-corrected chi connectivity index (χ3v) is 5.17. The number of nitrogens with zero attached hydrogens (tertiary/aromatic N) is 3. The van der Waals surface area contributed by atoms with Crippen molar-refractivity contribution in [3.05, 3.63) is 65.0 Å². The number of carbonyl (C=O) groups is 1. The number of rotatable bonds is 10. The van der Waals surface area contributed by atoms with E-state index >= 15 is 0 Å². The van der Waals surface area contributed by atoms with Crippen molar-refractivity contribution >= 4 is 11.7 Å². The quantitative estimate of drug-likeness (QED) is 0.413. The number of alkyl halides is 2. The largest absolute Gasteiger partial charge is 0.492 e. The number of aromatic nitrogens is 2. The first-order valence-corrected chi connectivity index (χ1v) is 10.2. The van der Waals surface area contributed by atoms with Gasteiger partial charge in [-0.3, -0.25) is 4.79 Å². The molecule has 3 rings (SSSR count). The molecule has 34 heavy (non-hydrogen) atoms. The van der Waals surface area contributed by atoms with Crippen molar-refractivity contribution in [1.29, 1.82) is 5.26 Å². The van der Waals surface area contributed by atoms with Gasteiger partial charge in [0.1, 0.15) is 40.8 Å².